The van der Waals surface area contributed by atoms with E-state index >= 15 is 0 Å². The minimum Gasteiger partial charge on any atom is -0.321 e. The normalized spacial score (nSPS) is 15.1. The first-order chi connectivity index (χ1) is 18.1. The Morgan fingerprint density at radius 2 is 1.55 bits per heavy atom. The van der Waals surface area contributed by atoms with Crippen molar-refractivity contribution in [3.63, 3.8) is 0 Å². The van der Waals surface area contributed by atoms with Gasteiger partial charge in [-0.1, -0.05) is 42.5 Å². The van der Waals surface area contributed by atoms with E-state index in [0.717, 1.165) is 47.4 Å². The second-order valence-electron chi connectivity index (χ2n) is 9.15. The van der Waals surface area contributed by atoms with Crippen molar-refractivity contribution < 1.29 is 26.4 Å². The lowest BCUT2D eigenvalue weighted by atomic mass is 10.00. The van der Waals surface area contributed by atoms with Gasteiger partial charge in [-0.3, -0.25) is 9.52 Å². The number of carbonyl (C=O) groups is 1. The fraction of sp³-hybridized carbons (Fsp3) is 0.0690. The van der Waals surface area contributed by atoms with E-state index < -0.39 is 21.8 Å². The van der Waals surface area contributed by atoms with Gasteiger partial charge < -0.3 is 5.32 Å². The number of anilines is 2. The number of carbonyl (C=O) groups excluding carboxylic acids is 1. The predicted molar refractivity (Wildman–Crippen MR) is 140 cm³/mol. The summed E-state index contributed by atoms with van der Waals surface area (Å²) < 4.78 is 66.8. The van der Waals surface area contributed by atoms with Gasteiger partial charge in [-0.05, 0) is 82.8 Å². The molecule has 0 aromatic heterocycles. The largest absolute Gasteiger partial charge is 0.416 e. The second kappa shape index (κ2) is 8.59. The van der Waals surface area contributed by atoms with Crippen molar-refractivity contribution in [3.05, 3.63) is 113 Å². The lowest BCUT2D eigenvalue weighted by Gasteiger charge is -2.11. The van der Waals surface area contributed by atoms with Crippen molar-refractivity contribution >= 4 is 39.0 Å². The monoisotopic (exact) mass is 532 g/mol. The highest BCUT2D eigenvalue weighted by Crippen LogP contribution is 2.39. The highest BCUT2D eigenvalue weighted by molar-refractivity contribution is 7.92. The molecule has 0 atom stereocenters. The van der Waals surface area contributed by atoms with Crippen LogP contribution in [-0.2, 0) is 27.4 Å². The lowest BCUT2D eigenvalue weighted by molar-refractivity contribution is -0.137. The van der Waals surface area contributed by atoms with Crippen LogP contribution >= 0.6 is 0 Å². The number of hydrogen-bond acceptors (Lipinski definition) is 3. The number of sulfonamides is 1. The first-order valence-corrected chi connectivity index (χ1v) is 13.2. The Balaban J connectivity index is 1.30. The highest BCUT2D eigenvalue weighted by Gasteiger charge is 2.30. The zero-order valence-corrected chi connectivity index (χ0v) is 20.5. The van der Waals surface area contributed by atoms with Gasteiger partial charge >= 0.3 is 6.18 Å². The van der Waals surface area contributed by atoms with Crippen molar-refractivity contribution in [2.45, 2.75) is 17.5 Å². The molecule has 1 heterocycles. The molecule has 1 amide bonds. The molecule has 38 heavy (non-hydrogen) atoms. The number of amides is 1. The molecule has 4 aromatic carbocycles. The summed E-state index contributed by atoms with van der Waals surface area (Å²) in [6.07, 6.45) is -2.00. The van der Waals surface area contributed by atoms with Crippen LogP contribution in [0.4, 0.5) is 24.5 Å². The number of halogens is 3. The van der Waals surface area contributed by atoms with Crippen molar-refractivity contribution in [2.75, 3.05) is 10.0 Å². The van der Waals surface area contributed by atoms with E-state index in [1.807, 2.05) is 30.3 Å². The predicted octanol–water partition coefficient (Wildman–Crippen LogP) is 6.57. The molecule has 0 saturated carbocycles. The smallest absolute Gasteiger partial charge is 0.321 e. The third-order valence-electron chi connectivity index (χ3n) is 6.68. The summed E-state index contributed by atoms with van der Waals surface area (Å²) in [6.45, 7) is 0. The van der Waals surface area contributed by atoms with Gasteiger partial charge in [0.1, 0.15) is 0 Å². The number of nitrogens with one attached hydrogen (secondary N) is 2. The van der Waals surface area contributed by atoms with Gasteiger partial charge in [0.25, 0.3) is 15.9 Å². The number of alkyl halides is 3. The molecule has 0 bridgehead atoms. The summed E-state index contributed by atoms with van der Waals surface area (Å²) in [5.41, 5.74) is 5.88. The molecule has 9 heteroatoms. The Morgan fingerprint density at radius 3 is 2.32 bits per heavy atom. The van der Waals surface area contributed by atoms with Crippen LogP contribution in [0.2, 0.25) is 0 Å². The van der Waals surface area contributed by atoms with Crippen LogP contribution in [-0.4, -0.2) is 14.3 Å². The maximum atomic E-state index is 13.0. The van der Waals surface area contributed by atoms with Crippen LogP contribution in [0.25, 0.3) is 22.8 Å². The molecule has 2 aliphatic rings. The van der Waals surface area contributed by atoms with Gasteiger partial charge in [-0.2, -0.15) is 13.2 Å². The molecule has 1 aliphatic heterocycles. The summed E-state index contributed by atoms with van der Waals surface area (Å²) in [7, 11) is -4.13. The van der Waals surface area contributed by atoms with Crippen molar-refractivity contribution in [2.24, 2.45) is 0 Å². The summed E-state index contributed by atoms with van der Waals surface area (Å²) in [4.78, 5) is 12.7. The number of fused-ring (bicyclic) bond motifs is 4. The first-order valence-electron chi connectivity index (χ1n) is 11.7. The molecule has 1 aliphatic carbocycles. The maximum Gasteiger partial charge on any atom is 0.416 e. The molecule has 0 unspecified atom stereocenters. The summed E-state index contributed by atoms with van der Waals surface area (Å²) in [6, 6.07) is 22.1. The number of hydrogen-bond donors (Lipinski definition) is 2. The molecule has 2 N–H and O–H groups in total. The SMILES string of the molecule is O=C1Nc2ccc(S(=O)(=O)Nc3ccc(C(F)(F)F)cc3)cc2C1=Cc1ccc2c(c1)Cc1ccccc1-2. The molecule has 5 nitrogen and oxygen atoms in total. The molecule has 0 radical (unpaired) electrons. The molecule has 6 rings (SSSR count). The first kappa shape index (κ1) is 24.0. The van der Waals surface area contributed by atoms with E-state index in [4.69, 9.17) is 0 Å². The molecule has 190 valence electrons. The van der Waals surface area contributed by atoms with Crippen molar-refractivity contribution in [1.29, 1.82) is 0 Å². The van der Waals surface area contributed by atoms with Crippen molar-refractivity contribution in [3.8, 4) is 11.1 Å². The van der Waals surface area contributed by atoms with E-state index in [9.17, 15) is 26.4 Å². The van der Waals surface area contributed by atoms with Crippen LogP contribution < -0.4 is 10.0 Å². The molecular weight excluding hydrogens is 513 g/mol. The Kier molecular flexibility index (Phi) is 5.43. The summed E-state index contributed by atoms with van der Waals surface area (Å²) in [5.74, 6) is -0.353. The topological polar surface area (TPSA) is 75.3 Å². The van der Waals surface area contributed by atoms with E-state index in [-0.39, 0.29) is 16.5 Å². The third-order valence-corrected chi connectivity index (χ3v) is 8.06. The highest BCUT2D eigenvalue weighted by atomic mass is 32.2. The van der Waals surface area contributed by atoms with E-state index in [2.05, 4.69) is 22.2 Å². The van der Waals surface area contributed by atoms with Crippen LogP contribution in [0.5, 0.6) is 0 Å². The van der Waals surface area contributed by atoms with Crippen LogP contribution in [0.15, 0.2) is 89.8 Å². The summed E-state index contributed by atoms with van der Waals surface area (Å²) in [5, 5.41) is 2.75. The third kappa shape index (κ3) is 4.24. The van der Waals surface area contributed by atoms with E-state index in [1.54, 1.807) is 6.08 Å². The Hall–Kier alpha value is -4.37. The second-order valence-corrected chi connectivity index (χ2v) is 10.8. The Labute approximate surface area is 216 Å². The molecule has 0 fully saturated rings. The number of rotatable bonds is 4. The Morgan fingerprint density at radius 1 is 0.816 bits per heavy atom. The zero-order valence-electron chi connectivity index (χ0n) is 19.6. The molecule has 0 spiro atoms. The van der Waals surface area contributed by atoms with Crippen LogP contribution in [0.3, 0.4) is 0 Å². The van der Waals surface area contributed by atoms with Gasteiger partial charge in [0.15, 0.2) is 0 Å². The fourth-order valence-electron chi connectivity index (χ4n) is 4.84. The maximum absolute atomic E-state index is 13.0. The fourth-order valence-corrected chi connectivity index (χ4v) is 5.92. The quantitative estimate of drug-likeness (QED) is 0.257. The van der Waals surface area contributed by atoms with Crippen molar-refractivity contribution in [1.82, 2.24) is 0 Å². The molecule has 4 aromatic rings. The van der Waals surface area contributed by atoms with Gasteiger partial charge in [-0.25, -0.2) is 8.42 Å². The standard InChI is InChI=1S/C29H19F3N2O3S/c30-29(31,32)20-6-8-21(9-7-20)34-38(36,37)22-10-12-27-25(16-22)26(28(35)33-27)14-17-5-11-24-19(13-17)15-18-3-1-2-4-23(18)24/h1-14,16,34H,15H2,(H,33,35). The van der Waals surface area contributed by atoms with Gasteiger partial charge in [0.05, 0.1) is 10.5 Å². The average Bonchev–Trinajstić information content (AvgIpc) is 3.39. The van der Waals surface area contributed by atoms with Crippen LogP contribution in [0, 0.1) is 0 Å². The average molecular weight is 533 g/mol. The summed E-state index contributed by atoms with van der Waals surface area (Å²) >= 11 is 0. The lowest BCUT2D eigenvalue weighted by Crippen LogP contribution is -2.13. The minimum absolute atomic E-state index is 0.0115. The van der Waals surface area contributed by atoms with E-state index in [1.165, 1.54) is 29.3 Å². The molecular formula is C29H19F3N2O3S. The number of benzene rings is 4. The van der Waals surface area contributed by atoms with E-state index in [0.29, 0.717) is 16.8 Å². The van der Waals surface area contributed by atoms with Gasteiger partial charge in [-0.15, -0.1) is 0 Å². The van der Waals surface area contributed by atoms with Gasteiger partial charge in [0, 0.05) is 22.5 Å². The molecule has 0 saturated heterocycles. The Bertz CT molecular complexity index is 1760. The minimum atomic E-state index is -4.53. The zero-order chi connectivity index (χ0) is 26.7. The van der Waals surface area contributed by atoms with Gasteiger partial charge in [0.2, 0.25) is 0 Å². The van der Waals surface area contributed by atoms with Crippen LogP contribution in [0.1, 0.15) is 27.8 Å².